The Labute approximate surface area is 114 Å². The summed E-state index contributed by atoms with van der Waals surface area (Å²) in [7, 11) is 1.93. The zero-order chi connectivity index (χ0) is 13.8. The number of aromatic nitrogens is 1. The van der Waals surface area contributed by atoms with Crippen molar-refractivity contribution < 1.29 is 4.79 Å². The number of nitrogens with zero attached hydrogens (tertiary/aromatic N) is 2. The lowest BCUT2D eigenvalue weighted by atomic mass is 10.1. The molecule has 0 amide bonds. The fourth-order valence-electron chi connectivity index (χ4n) is 2.14. The van der Waals surface area contributed by atoms with Crippen LogP contribution in [0.5, 0.6) is 0 Å². The molecule has 19 heavy (non-hydrogen) atoms. The van der Waals surface area contributed by atoms with E-state index in [9.17, 15) is 4.79 Å². The van der Waals surface area contributed by atoms with Crippen LogP contribution < -0.4 is 4.90 Å². The lowest BCUT2D eigenvalue weighted by molar-refractivity contribution is 0.0999. The number of anilines is 1. The van der Waals surface area contributed by atoms with Crippen molar-refractivity contribution >= 4 is 11.5 Å². The zero-order valence-electron chi connectivity index (χ0n) is 11.8. The van der Waals surface area contributed by atoms with Gasteiger partial charge in [0.25, 0.3) is 0 Å². The summed E-state index contributed by atoms with van der Waals surface area (Å²) in [6.07, 6.45) is 3.77. The van der Waals surface area contributed by atoms with Crippen molar-refractivity contribution in [3.63, 3.8) is 0 Å². The summed E-state index contributed by atoms with van der Waals surface area (Å²) in [6, 6.07) is 10.1. The number of carbonyl (C=O) groups is 1. The van der Waals surface area contributed by atoms with Crippen LogP contribution >= 0.6 is 0 Å². The number of Topliss-reactive ketones (excluding diaryl/α,β-unsaturated/α-hetero) is 1. The summed E-state index contributed by atoms with van der Waals surface area (Å²) in [4.78, 5) is 14.3. The Morgan fingerprint density at radius 2 is 2.11 bits per heavy atom. The Kier molecular flexibility index (Phi) is 4.05. The predicted octanol–water partition coefficient (Wildman–Crippen LogP) is 3.04. The van der Waals surface area contributed by atoms with Crippen LogP contribution in [0.25, 0.3) is 0 Å². The van der Waals surface area contributed by atoms with Gasteiger partial charge in [-0.05, 0) is 37.6 Å². The van der Waals surface area contributed by atoms with Gasteiger partial charge in [-0.25, -0.2) is 0 Å². The molecule has 0 aliphatic rings. The SMILES string of the molecule is CCN(CC(=O)c1ccn(C)c1)c1cccc(C)c1. The fraction of sp³-hybridized carbons (Fsp3) is 0.312. The third-order valence-electron chi connectivity index (χ3n) is 3.24. The molecule has 2 rings (SSSR count). The van der Waals surface area contributed by atoms with Crippen LogP contribution in [0, 0.1) is 6.92 Å². The van der Waals surface area contributed by atoms with E-state index in [1.54, 1.807) is 0 Å². The Morgan fingerprint density at radius 1 is 1.32 bits per heavy atom. The van der Waals surface area contributed by atoms with Gasteiger partial charge in [0.2, 0.25) is 0 Å². The highest BCUT2D eigenvalue weighted by atomic mass is 16.1. The minimum atomic E-state index is 0.156. The molecule has 1 aromatic heterocycles. The van der Waals surface area contributed by atoms with E-state index in [2.05, 4.69) is 36.9 Å². The average molecular weight is 256 g/mol. The average Bonchev–Trinajstić information content (AvgIpc) is 2.82. The van der Waals surface area contributed by atoms with Crippen molar-refractivity contribution in [2.45, 2.75) is 13.8 Å². The Bertz CT molecular complexity index is 572. The fourth-order valence-corrected chi connectivity index (χ4v) is 2.14. The lowest BCUT2D eigenvalue weighted by Gasteiger charge is -2.22. The second-order valence-electron chi connectivity index (χ2n) is 4.84. The highest BCUT2D eigenvalue weighted by Crippen LogP contribution is 2.16. The molecular weight excluding hydrogens is 236 g/mol. The molecular formula is C16H20N2O. The number of rotatable bonds is 5. The molecule has 0 atom stereocenters. The van der Waals surface area contributed by atoms with E-state index in [0.717, 1.165) is 17.8 Å². The number of aryl methyl sites for hydroxylation is 2. The molecule has 0 unspecified atom stereocenters. The van der Waals surface area contributed by atoms with Crippen LogP contribution in [0.1, 0.15) is 22.8 Å². The first-order chi connectivity index (χ1) is 9.10. The lowest BCUT2D eigenvalue weighted by Crippen LogP contribution is -2.29. The van der Waals surface area contributed by atoms with Gasteiger partial charge in [-0.2, -0.15) is 0 Å². The van der Waals surface area contributed by atoms with Crippen molar-refractivity contribution in [2.24, 2.45) is 7.05 Å². The van der Waals surface area contributed by atoms with Crippen molar-refractivity contribution in [3.8, 4) is 0 Å². The van der Waals surface area contributed by atoms with E-state index in [1.807, 2.05) is 36.1 Å². The zero-order valence-corrected chi connectivity index (χ0v) is 11.8. The van der Waals surface area contributed by atoms with Crippen molar-refractivity contribution in [3.05, 3.63) is 53.9 Å². The molecule has 0 bridgehead atoms. The maximum atomic E-state index is 12.2. The van der Waals surface area contributed by atoms with Crippen LogP contribution in [0.2, 0.25) is 0 Å². The largest absolute Gasteiger partial charge is 0.364 e. The molecule has 0 fully saturated rings. The molecule has 1 heterocycles. The molecule has 3 nitrogen and oxygen atoms in total. The normalized spacial score (nSPS) is 10.5. The van der Waals surface area contributed by atoms with Crippen LogP contribution in [0.3, 0.4) is 0 Å². The smallest absolute Gasteiger partial charge is 0.183 e. The molecule has 0 radical (unpaired) electrons. The van der Waals surface area contributed by atoms with Gasteiger partial charge >= 0.3 is 0 Å². The predicted molar refractivity (Wildman–Crippen MR) is 78.8 cm³/mol. The van der Waals surface area contributed by atoms with Gasteiger partial charge in [0.15, 0.2) is 5.78 Å². The van der Waals surface area contributed by atoms with Crippen molar-refractivity contribution in [1.29, 1.82) is 0 Å². The van der Waals surface area contributed by atoms with E-state index >= 15 is 0 Å². The first kappa shape index (κ1) is 13.4. The van der Waals surface area contributed by atoms with E-state index in [4.69, 9.17) is 0 Å². The Morgan fingerprint density at radius 3 is 2.68 bits per heavy atom. The second kappa shape index (κ2) is 5.74. The maximum absolute atomic E-state index is 12.2. The van der Waals surface area contributed by atoms with Crippen LogP contribution in [-0.2, 0) is 7.05 Å². The van der Waals surface area contributed by atoms with Gasteiger partial charge < -0.3 is 9.47 Å². The monoisotopic (exact) mass is 256 g/mol. The van der Waals surface area contributed by atoms with E-state index < -0.39 is 0 Å². The quantitative estimate of drug-likeness (QED) is 0.768. The topological polar surface area (TPSA) is 25.2 Å². The summed E-state index contributed by atoms with van der Waals surface area (Å²) in [5, 5.41) is 0. The highest BCUT2D eigenvalue weighted by molar-refractivity contribution is 5.99. The molecule has 0 saturated heterocycles. The minimum Gasteiger partial charge on any atom is -0.364 e. The number of hydrogen-bond acceptors (Lipinski definition) is 2. The van der Waals surface area contributed by atoms with Crippen molar-refractivity contribution in [2.75, 3.05) is 18.0 Å². The van der Waals surface area contributed by atoms with Gasteiger partial charge in [0, 0.05) is 37.2 Å². The summed E-state index contributed by atoms with van der Waals surface area (Å²) in [5.41, 5.74) is 3.09. The molecule has 3 heteroatoms. The van der Waals surface area contributed by atoms with Gasteiger partial charge in [-0.3, -0.25) is 4.79 Å². The number of ketones is 1. The van der Waals surface area contributed by atoms with Gasteiger partial charge in [0.1, 0.15) is 0 Å². The minimum absolute atomic E-state index is 0.156. The van der Waals surface area contributed by atoms with E-state index in [-0.39, 0.29) is 5.78 Å². The van der Waals surface area contributed by atoms with Gasteiger partial charge in [-0.15, -0.1) is 0 Å². The van der Waals surface area contributed by atoms with E-state index in [0.29, 0.717) is 6.54 Å². The first-order valence-corrected chi connectivity index (χ1v) is 6.57. The molecule has 0 saturated carbocycles. The highest BCUT2D eigenvalue weighted by Gasteiger charge is 2.12. The number of benzene rings is 1. The standard InChI is InChI=1S/C16H20N2O/c1-4-18(15-7-5-6-13(2)10-15)12-16(19)14-8-9-17(3)11-14/h5-11H,4,12H2,1-3H3. The van der Waals surface area contributed by atoms with Crippen LogP contribution in [-0.4, -0.2) is 23.4 Å². The van der Waals surface area contributed by atoms with Crippen LogP contribution in [0.15, 0.2) is 42.7 Å². The second-order valence-corrected chi connectivity index (χ2v) is 4.84. The molecule has 2 aromatic rings. The number of hydrogen-bond donors (Lipinski definition) is 0. The molecule has 1 aromatic carbocycles. The molecule has 0 spiro atoms. The summed E-state index contributed by atoms with van der Waals surface area (Å²) in [5.74, 6) is 0.156. The van der Waals surface area contributed by atoms with Gasteiger partial charge in [0.05, 0.1) is 6.54 Å². The molecule has 0 aliphatic carbocycles. The van der Waals surface area contributed by atoms with Crippen molar-refractivity contribution in [1.82, 2.24) is 4.57 Å². The Balaban J connectivity index is 2.13. The van der Waals surface area contributed by atoms with E-state index in [1.165, 1.54) is 5.56 Å². The summed E-state index contributed by atoms with van der Waals surface area (Å²) < 4.78 is 1.90. The molecule has 0 N–H and O–H groups in total. The summed E-state index contributed by atoms with van der Waals surface area (Å²) in [6.45, 7) is 5.38. The molecule has 100 valence electrons. The maximum Gasteiger partial charge on any atom is 0.183 e. The number of carbonyl (C=O) groups excluding carboxylic acids is 1. The van der Waals surface area contributed by atoms with Gasteiger partial charge in [-0.1, -0.05) is 12.1 Å². The first-order valence-electron chi connectivity index (χ1n) is 6.57. The summed E-state index contributed by atoms with van der Waals surface area (Å²) >= 11 is 0. The van der Waals surface area contributed by atoms with Crippen LogP contribution in [0.4, 0.5) is 5.69 Å². The number of likely N-dealkylation sites (N-methyl/N-ethyl adjacent to an activating group) is 1. The third kappa shape index (κ3) is 3.25. The third-order valence-corrected chi connectivity index (χ3v) is 3.24. The molecule has 0 aliphatic heterocycles. The Hall–Kier alpha value is -2.03.